The van der Waals surface area contributed by atoms with Crippen molar-refractivity contribution in [3.05, 3.63) is 30.3 Å². The Hall–Kier alpha value is -2.06. The van der Waals surface area contributed by atoms with Crippen molar-refractivity contribution in [3.8, 4) is 11.8 Å². The first-order valence-corrected chi connectivity index (χ1v) is 8.59. The number of nitriles is 1. The number of para-hydroxylation sites is 1. The third kappa shape index (κ3) is 3.54. The molecule has 5 nitrogen and oxygen atoms in total. The van der Waals surface area contributed by atoms with E-state index in [1.807, 2.05) is 35.2 Å². The van der Waals surface area contributed by atoms with Crippen molar-refractivity contribution >= 4 is 5.91 Å². The maximum Gasteiger partial charge on any atom is 0.225 e. The molecule has 1 heterocycles. The molecule has 0 bridgehead atoms. The van der Waals surface area contributed by atoms with Gasteiger partial charge in [0.2, 0.25) is 5.91 Å². The summed E-state index contributed by atoms with van der Waals surface area (Å²) < 4.78 is 11.1. The van der Waals surface area contributed by atoms with Gasteiger partial charge in [0.05, 0.1) is 12.7 Å². The lowest BCUT2D eigenvalue weighted by atomic mass is 9.70. The van der Waals surface area contributed by atoms with Crippen LogP contribution in [0, 0.1) is 23.2 Å². The molecular weight excluding hydrogens is 304 g/mol. The van der Waals surface area contributed by atoms with Gasteiger partial charge in [-0.25, -0.2) is 0 Å². The SMILES string of the molecule is COC1(C#N)CC(C(=O)N2CCCC(COc3ccccc3)C2)C1. The second kappa shape index (κ2) is 7.23. The van der Waals surface area contributed by atoms with Gasteiger partial charge in [0, 0.05) is 44.9 Å². The van der Waals surface area contributed by atoms with E-state index >= 15 is 0 Å². The van der Waals surface area contributed by atoms with Crippen molar-refractivity contribution in [1.29, 1.82) is 5.26 Å². The number of piperidine rings is 1. The summed E-state index contributed by atoms with van der Waals surface area (Å²) in [5, 5.41) is 9.15. The van der Waals surface area contributed by atoms with Crippen LogP contribution < -0.4 is 4.74 Å². The number of benzene rings is 1. The number of ether oxygens (including phenoxy) is 2. The summed E-state index contributed by atoms with van der Waals surface area (Å²) >= 11 is 0. The average molecular weight is 328 g/mol. The Morgan fingerprint density at radius 3 is 2.79 bits per heavy atom. The highest BCUT2D eigenvalue weighted by Crippen LogP contribution is 2.41. The molecule has 1 saturated heterocycles. The molecule has 0 spiro atoms. The number of nitrogens with zero attached hydrogens (tertiary/aromatic N) is 2. The van der Waals surface area contributed by atoms with Gasteiger partial charge in [0.15, 0.2) is 5.60 Å². The predicted molar refractivity (Wildman–Crippen MR) is 89.3 cm³/mol. The van der Waals surface area contributed by atoms with Crippen LogP contribution in [0.15, 0.2) is 30.3 Å². The number of carbonyl (C=O) groups excluding carboxylic acids is 1. The maximum atomic E-state index is 12.6. The van der Waals surface area contributed by atoms with Crippen molar-refractivity contribution in [2.24, 2.45) is 11.8 Å². The van der Waals surface area contributed by atoms with E-state index in [0.717, 1.165) is 31.7 Å². The van der Waals surface area contributed by atoms with Crippen molar-refractivity contribution in [3.63, 3.8) is 0 Å². The van der Waals surface area contributed by atoms with Crippen molar-refractivity contribution in [2.75, 3.05) is 26.8 Å². The minimum absolute atomic E-state index is 0.0709. The van der Waals surface area contributed by atoms with Crippen LogP contribution in [0.25, 0.3) is 0 Å². The highest BCUT2D eigenvalue weighted by molar-refractivity contribution is 5.80. The molecule has 1 atom stereocenters. The summed E-state index contributed by atoms with van der Waals surface area (Å²) in [7, 11) is 1.54. The zero-order valence-electron chi connectivity index (χ0n) is 14.1. The number of carbonyl (C=O) groups is 1. The number of likely N-dealkylation sites (tertiary alicyclic amines) is 1. The van der Waals surface area contributed by atoms with Gasteiger partial charge in [0.1, 0.15) is 5.75 Å². The van der Waals surface area contributed by atoms with E-state index in [1.165, 1.54) is 0 Å². The molecule has 2 aliphatic rings. The van der Waals surface area contributed by atoms with Crippen LogP contribution in [-0.2, 0) is 9.53 Å². The molecule has 0 radical (unpaired) electrons. The van der Waals surface area contributed by atoms with E-state index in [-0.39, 0.29) is 11.8 Å². The lowest BCUT2D eigenvalue weighted by Crippen LogP contribution is -2.53. The fraction of sp³-hybridized carbons (Fsp3) is 0.579. The number of methoxy groups -OCH3 is 1. The van der Waals surface area contributed by atoms with E-state index in [9.17, 15) is 4.79 Å². The van der Waals surface area contributed by atoms with Crippen LogP contribution in [0.2, 0.25) is 0 Å². The Bertz CT molecular complexity index is 605. The van der Waals surface area contributed by atoms with Crippen molar-refractivity contribution in [2.45, 2.75) is 31.3 Å². The standard InChI is InChI=1S/C19H24N2O3/c1-23-19(14-20)10-16(11-19)18(22)21-9-5-6-15(12-21)13-24-17-7-3-2-4-8-17/h2-4,7-8,15-16H,5-6,9-13H2,1H3. The number of rotatable bonds is 5. The van der Waals surface area contributed by atoms with Crippen LogP contribution in [-0.4, -0.2) is 43.2 Å². The summed E-state index contributed by atoms with van der Waals surface area (Å²) in [6.45, 7) is 2.19. The van der Waals surface area contributed by atoms with Gasteiger partial charge in [-0.3, -0.25) is 4.79 Å². The molecular formula is C19H24N2O3. The van der Waals surface area contributed by atoms with Crippen LogP contribution >= 0.6 is 0 Å². The molecule has 0 N–H and O–H groups in total. The molecule has 1 aromatic rings. The van der Waals surface area contributed by atoms with Gasteiger partial charge in [-0.2, -0.15) is 5.26 Å². The summed E-state index contributed by atoms with van der Waals surface area (Å²) in [6.07, 6.45) is 3.12. The van der Waals surface area contributed by atoms with Crippen LogP contribution in [0.4, 0.5) is 0 Å². The van der Waals surface area contributed by atoms with Gasteiger partial charge in [-0.1, -0.05) is 18.2 Å². The molecule has 1 amide bonds. The second-order valence-corrected chi connectivity index (χ2v) is 6.83. The monoisotopic (exact) mass is 328 g/mol. The van der Waals surface area contributed by atoms with Gasteiger partial charge in [-0.15, -0.1) is 0 Å². The summed E-state index contributed by atoms with van der Waals surface area (Å²) in [5.41, 5.74) is -0.744. The second-order valence-electron chi connectivity index (χ2n) is 6.83. The minimum atomic E-state index is -0.744. The Kier molecular flexibility index (Phi) is 5.06. The molecule has 2 fully saturated rings. The first-order chi connectivity index (χ1) is 11.7. The summed E-state index contributed by atoms with van der Waals surface area (Å²) in [5.74, 6) is 1.34. The van der Waals surface area contributed by atoms with E-state index in [1.54, 1.807) is 7.11 Å². The third-order valence-electron chi connectivity index (χ3n) is 5.16. The zero-order chi connectivity index (χ0) is 17.0. The lowest BCUT2D eigenvalue weighted by molar-refractivity contribution is -0.150. The topological polar surface area (TPSA) is 62.6 Å². The predicted octanol–water partition coefficient (Wildman–Crippen LogP) is 2.62. The van der Waals surface area contributed by atoms with Gasteiger partial charge < -0.3 is 14.4 Å². The minimum Gasteiger partial charge on any atom is -0.493 e. The molecule has 1 saturated carbocycles. The van der Waals surface area contributed by atoms with E-state index in [4.69, 9.17) is 14.7 Å². The van der Waals surface area contributed by atoms with Gasteiger partial charge in [0.25, 0.3) is 0 Å². The lowest BCUT2D eigenvalue weighted by Gasteiger charge is -2.43. The molecule has 1 unspecified atom stereocenters. The fourth-order valence-electron chi connectivity index (χ4n) is 3.60. The highest BCUT2D eigenvalue weighted by Gasteiger charge is 2.49. The van der Waals surface area contributed by atoms with E-state index in [2.05, 4.69) is 6.07 Å². The Labute approximate surface area is 143 Å². The largest absolute Gasteiger partial charge is 0.493 e. The maximum absolute atomic E-state index is 12.6. The quantitative estimate of drug-likeness (QED) is 0.833. The third-order valence-corrected chi connectivity index (χ3v) is 5.16. The molecule has 24 heavy (non-hydrogen) atoms. The number of amides is 1. The van der Waals surface area contributed by atoms with Gasteiger partial charge >= 0.3 is 0 Å². The highest BCUT2D eigenvalue weighted by atomic mass is 16.5. The Morgan fingerprint density at radius 2 is 2.12 bits per heavy atom. The fourth-order valence-corrected chi connectivity index (χ4v) is 3.60. The van der Waals surface area contributed by atoms with Crippen LogP contribution in [0.3, 0.4) is 0 Å². The molecule has 1 aromatic carbocycles. The Morgan fingerprint density at radius 1 is 1.38 bits per heavy atom. The number of hydrogen-bond donors (Lipinski definition) is 0. The summed E-state index contributed by atoms with van der Waals surface area (Å²) in [6, 6.07) is 12.0. The smallest absolute Gasteiger partial charge is 0.225 e. The van der Waals surface area contributed by atoms with Gasteiger partial charge in [-0.05, 0) is 25.0 Å². The average Bonchev–Trinajstić information content (AvgIpc) is 2.61. The molecule has 128 valence electrons. The molecule has 1 aliphatic heterocycles. The zero-order valence-corrected chi connectivity index (χ0v) is 14.1. The molecule has 5 heteroatoms. The normalized spacial score (nSPS) is 29.4. The first-order valence-electron chi connectivity index (χ1n) is 8.59. The Balaban J connectivity index is 1.49. The van der Waals surface area contributed by atoms with E-state index < -0.39 is 5.60 Å². The van der Waals surface area contributed by atoms with Crippen molar-refractivity contribution in [1.82, 2.24) is 4.90 Å². The number of hydrogen-bond acceptors (Lipinski definition) is 4. The molecule has 3 rings (SSSR count). The van der Waals surface area contributed by atoms with Crippen LogP contribution in [0.1, 0.15) is 25.7 Å². The molecule has 0 aromatic heterocycles. The van der Waals surface area contributed by atoms with Crippen LogP contribution in [0.5, 0.6) is 5.75 Å². The molecule has 1 aliphatic carbocycles. The first kappa shape index (κ1) is 16.8. The summed E-state index contributed by atoms with van der Waals surface area (Å²) in [4.78, 5) is 14.6. The van der Waals surface area contributed by atoms with Crippen molar-refractivity contribution < 1.29 is 14.3 Å². The van der Waals surface area contributed by atoms with E-state index in [0.29, 0.717) is 25.4 Å².